The van der Waals surface area contributed by atoms with Crippen LogP contribution in [-0.2, 0) is 0 Å². The van der Waals surface area contributed by atoms with Gasteiger partial charge in [0, 0.05) is 0 Å². The third-order valence-corrected chi connectivity index (χ3v) is 2.21. The van der Waals surface area contributed by atoms with E-state index in [0.29, 0.717) is 19.0 Å². The van der Waals surface area contributed by atoms with Crippen LogP contribution >= 0.6 is 0 Å². The number of rotatable bonds is 2. The second kappa shape index (κ2) is 6.13. The molecular formula is C7H14BF3KN. The van der Waals surface area contributed by atoms with Crippen molar-refractivity contribution in [2.75, 3.05) is 19.5 Å². The quantitative estimate of drug-likeness (QED) is 0.544. The molecule has 1 aliphatic heterocycles. The van der Waals surface area contributed by atoms with E-state index in [-0.39, 0.29) is 51.4 Å². The van der Waals surface area contributed by atoms with Crippen LogP contribution in [0.4, 0.5) is 12.9 Å². The molecule has 1 nitrogen and oxygen atoms in total. The zero-order chi connectivity index (χ0) is 9.19. The van der Waals surface area contributed by atoms with Gasteiger partial charge in [0.05, 0.1) is 0 Å². The van der Waals surface area contributed by atoms with Crippen molar-refractivity contribution >= 4 is 6.98 Å². The molecule has 0 radical (unpaired) electrons. The van der Waals surface area contributed by atoms with Crippen LogP contribution in [0, 0.1) is 5.92 Å². The smallest absolute Gasteiger partial charge is 0.448 e. The summed E-state index contributed by atoms with van der Waals surface area (Å²) in [5.41, 5.74) is 0. The van der Waals surface area contributed by atoms with Gasteiger partial charge in [0.25, 0.3) is 0 Å². The monoisotopic (exact) mass is 219 g/mol. The molecule has 0 aromatic rings. The fourth-order valence-corrected chi connectivity index (χ4v) is 1.75. The van der Waals surface area contributed by atoms with Crippen molar-refractivity contribution in [1.29, 1.82) is 0 Å². The van der Waals surface area contributed by atoms with E-state index in [0.717, 1.165) is 12.8 Å². The number of hydrogen-bond acceptors (Lipinski definition) is 1. The predicted octanol–water partition coefficient (Wildman–Crippen LogP) is -0.891. The first-order chi connectivity index (χ1) is 5.47. The molecule has 1 atom stereocenters. The van der Waals surface area contributed by atoms with E-state index < -0.39 is 13.4 Å². The van der Waals surface area contributed by atoms with Crippen molar-refractivity contribution in [3.05, 3.63) is 0 Å². The molecule has 0 N–H and O–H groups in total. The molecule has 1 heterocycles. The third-order valence-electron chi connectivity index (χ3n) is 2.21. The normalized spacial score (nSPS) is 25.4. The molecule has 72 valence electrons. The van der Waals surface area contributed by atoms with Crippen LogP contribution in [0.3, 0.4) is 0 Å². The summed E-state index contributed by atoms with van der Waals surface area (Å²) in [7, 11) is 0. The van der Waals surface area contributed by atoms with E-state index in [9.17, 15) is 12.9 Å². The number of likely N-dealkylation sites (tertiary alicyclic amines) is 1. The second-order valence-corrected chi connectivity index (χ2v) is 3.72. The molecule has 0 unspecified atom stereocenters. The third kappa shape index (κ3) is 6.52. The van der Waals surface area contributed by atoms with Crippen LogP contribution in [0.25, 0.3) is 0 Å². The van der Waals surface area contributed by atoms with Gasteiger partial charge < -0.3 is 17.8 Å². The van der Waals surface area contributed by atoms with Gasteiger partial charge in [-0.05, 0) is 38.3 Å². The molecule has 1 fully saturated rings. The van der Waals surface area contributed by atoms with Gasteiger partial charge in [0.2, 0.25) is 0 Å². The molecule has 6 heteroatoms. The standard InChI is InChI=1S/C7H14BF3N.K/c1-7-3-2-4-12(5-7)6-8(9,10)11;/h7H,2-6H2,1H3;/q-1;+1/t7-;/m1./s1. The van der Waals surface area contributed by atoms with E-state index in [1.54, 1.807) is 0 Å². The van der Waals surface area contributed by atoms with Crippen molar-refractivity contribution < 1.29 is 64.3 Å². The average molecular weight is 219 g/mol. The van der Waals surface area contributed by atoms with Crippen molar-refractivity contribution in [2.45, 2.75) is 19.8 Å². The first-order valence-corrected chi connectivity index (χ1v) is 4.41. The van der Waals surface area contributed by atoms with E-state index in [4.69, 9.17) is 0 Å². The van der Waals surface area contributed by atoms with Crippen LogP contribution in [0.2, 0.25) is 0 Å². The van der Waals surface area contributed by atoms with Crippen molar-refractivity contribution in [3.63, 3.8) is 0 Å². The summed E-state index contributed by atoms with van der Waals surface area (Å²) in [5.74, 6) is 0.428. The van der Waals surface area contributed by atoms with Gasteiger partial charge in [0.1, 0.15) is 0 Å². The maximum atomic E-state index is 12.0. The molecule has 0 bridgehead atoms. The van der Waals surface area contributed by atoms with Gasteiger partial charge in [-0.1, -0.05) is 6.92 Å². The minimum absolute atomic E-state index is 0. The SMILES string of the molecule is C[C@@H]1CCCN(C[B-](F)(F)F)C1.[K+]. The first kappa shape index (κ1) is 14.5. The predicted molar refractivity (Wildman–Crippen MR) is 43.9 cm³/mol. The number of nitrogens with zero attached hydrogens (tertiary/aromatic N) is 1. The van der Waals surface area contributed by atoms with Crippen LogP contribution in [-0.4, -0.2) is 31.4 Å². The van der Waals surface area contributed by atoms with Gasteiger partial charge in [0.15, 0.2) is 0 Å². The van der Waals surface area contributed by atoms with Crippen LogP contribution in [0.5, 0.6) is 0 Å². The largest absolute Gasteiger partial charge is 1.00 e. The second-order valence-electron chi connectivity index (χ2n) is 3.72. The van der Waals surface area contributed by atoms with Gasteiger partial charge in [-0.3, -0.25) is 0 Å². The Morgan fingerprint density at radius 1 is 1.38 bits per heavy atom. The number of piperidine rings is 1. The Balaban J connectivity index is 0.00000144. The molecular weight excluding hydrogens is 205 g/mol. The minimum atomic E-state index is -4.62. The fraction of sp³-hybridized carbons (Fsp3) is 1.00. The van der Waals surface area contributed by atoms with Crippen LogP contribution in [0.15, 0.2) is 0 Å². The molecule has 0 amide bonds. The maximum absolute atomic E-state index is 12.0. The Morgan fingerprint density at radius 3 is 2.46 bits per heavy atom. The number of hydrogen-bond donors (Lipinski definition) is 0. The molecule has 13 heavy (non-hydrogen) atoms. The average Bonchev–Trinajstić information content (AvgIpc) is 1.82. The molecule has 1 saturated heterocycles. The topological polar surface area (TPSA) is 3.24 Å². The Labute approximate surface area is 120 Å². The van der Waals surface area contributed by atoms with E-state index in [1.807, 2.05) is 6.92 Å². The Kier molecular flexibility index (Phi) is 6.81. The summed E-state index contributed by atoms with van der Waals surface area (Å²) in [6, 6.07) is 0. The summed E-state index contributed by atoms with van der Waals surface area (Å²) >= 11 is 0. The van der Waals surface area contributed by atoms with Crippen molar-refractivity contribution in [2.24, 2.45) is 5.92 Å². The molecule has 0 spiro atoms. The van der Waals surface area contributed by atoms with Crippen molar-refractivity contribution in [3.8, 4) is 0 Å². The molecule has 0 aromatic heterocycles. The van der Waals surface area contributed by atoms with Crippen molar-refractivity contribution in [1.82, 2.24) is 4.90 Å². The summed E-state index contributed by atoms with van der Waals surface area (Å²) < 4.78 is 36.0. The summed E-state index contributed by atoms with van der Waals surface area (Å²) in [6.07, 6.45) is 1.30. The first-order valence-electron chi connectivity index (χ1n) is 4.41. The maximum Gasteiger partial charge on any atom is 1.00 e. The van der Waals surface area contributed by atoms with Gasteiger partial charge in [-0.15, -0.1) is 0 Å². The Morgan fingerprint density at radius 2 is 2.00 bits per heavy atom. The molecule has 0 aromatic carbocycles. The summed E-state index contributed by atoms with van der Waals surface area (Å²) in [6.45, 7) is -1.39. The zero-order valence-corrected chi connectivity index (χ0v) is 11.4. The molecule has 0 aliphatic carbocycles. The molecule has 1 aliphatic rings. The number of halogens is 3. The van der Waals surface area contributed by atoms with Gasteiger partial charge in [-0.25, -0.2) is 0 Å². The Bertz CT molecular complexity index is 153. The molecule has 0 saturated carbocycles. The zero-order valence-electron chi connectivity index (χ0n) is 8.27. The fourth-order valence-electron chi connectivity index (χ4n) is 1.75. The van der Waals surface area contributed by atoms with E-state index >= 15 is 0 Å². The Hall–Kier alpha value is 1.45. The van der Waals surface area contributed by atoms with Crippen LogP contribution < -0.4 is 51.4 Å². The van der Waals surface area contributed by atoms with Gasteiger partial charge >= 0.3 is 58.4 Å². The van der Waals surface area contributed by atoms with Gasteiger partial charge in [-0.2, -0.15) is 0 Å². The molecule has 1 rings (SSSR count). The van der Waals surface area contributed by atoms with E-state index in [2.05, 4.69) is 0 Å². The van der Waals surface area contributed by atoms with E-state index in [1.165, 1.54) is 4.90 Å². The minimum Gasteiger partial charge on any atom is -0.448 e. The summed E-state index contributed by atoms with van der Waals surface area (Å²) in [4.78, 5) is 1.52. The summed E-state index contributed by atoms with van der Waals surface area (Å²) in [5, 5.41) is 0. The van der Waals surface area contributed by atoms with Crippen LogP contribution in [0.1, 0.15) is 19.8 Å².